The second kappa shape index (κ2) is 6.22. The second-order valence-corrected chi connectivity index (χ2v) is 4.90. The molecule has 1 amide bonds. The third-order valence-electron chi connectivity index (χ3n) is 3.16. The Morgan fingerprint density at radius 2 is 2.30 bits per heavy atom. The minimum absolute atomic E-state index is 0.123. The lowest BCUT2D eigenvalue weighted by molar-refractivity contribution is -0.123. The molecule has 108 valence electrons. The van der Waals surface area contributed by atoms with Gasteiger partial charge in [-0.1, -0.05) is 6.92 Å². The Bertz CT molecular complexity index is 626. The fourth-order valence-electron chi connectivity index (χ4n) is 2.16. The summed E-state index contributed by atoms with van der Waals surface area (Å²) in [5, 5.41) is 2.83. The van der Waals surface area contributed by atoms with Crippen molar-refractivity contribution in [2.24, 2.45) is 0 Å². The normalized spacial score (nSPS) is 12.6. The Morgan fingerprint density at radius 3 is 2.95 bits per heavy atom. The quantitative estimate of drug-likeness (QED) is 0.862. The summed E-state index contributed by atoms with van der Waals surface area (Å²) in [5.41, 5.74) is 1.22. The molecule has 1 atom stereocenters. The monoisotopic (exact) mass is 297 g/mol. The molecular weight excluding hydrogens is 281 g/mol. The van der Waals surface area contributed by atoms with Crippen molar-refractivity contribution in [3.8, 4) is 0 Å². The van der Waals surface area contributed by atoms with Crippen LogP contribution in [0.4, 0.5) is 4.39 Å². The van der Waals surface area contributed by atoms with Crippen LogP contribution < -0.4 is 5.32 Å². The first-order chi connectivity index (χ1) is 9.58. The highest BCUT2D eigenvalue weighted by Crippen LogP contribution is 2.23. The van der Waals surface area contributed by atoms with E-state index in [0.29, 0.717) is 23.4 Å². The van der Waals surface area contributed by atoms with Crippen LogP contribution in [0.5, 0.6) is 0 Å². The minimum Gasteiger partial charge on any atom is -0.354 e. The van der Waals surface area contributed by atoms with E-state index in [0.717, 1.165) is 6.42 Å². The van der Waals surface area contributed by atoms with Gasteiger partial charge in [0.15, 0.2) is 0 Å². The summed E-state index contributed by atoms with van der Waals surface area (Å²) in [6, 6.07) is 3.83. The molecule has 0 aliphatic carbocycles. The van der Waals surface area contributed by atoms with Crippen LogP contribution in [-0.4, -0.2) is 22.0 Å². The molecule has 1 unspecified atom stereocenters. The number of hydrogen-bond donors (Lipinski definition) is 1. The van der Waals surface area contributed by atoms with E-state index in [2.05, 4.69) is 10.3 Å². The van der Waals surface area contributed by atoms with E-state index in [1.807, 2.05) is 6.92 Å². The van der Waals surface area contributed by atoms with Gasteiger partial charge in [-0.05, 0) is 31.5 Å². The Morgan fingerprint density at radius 1 is 1.55 bits per heavy atom. The molecule has 1 N–H and O–H groups in total. The van der Waals surface area contributed by atoms with Crippen LogP contribution in [0.25, 0.3) is 11.0 Å². The van der Waals surface area contributed by atoms with Gasteiger partial charge in [0.25, 0.3) is 0 Å². The van der Waals surface area contributed by atoms with Crippen LogP contribution in [0.2, 0.25) is 0 Å². The highest BCUT2D eigenvalue weighted by molar-refractivity contribution is 6.16. The van der Waals surface area contributed by atoms with E-state index >= 15 is 0 Å². The fraction of sp³-hybridized carbons (Fsp3) is 0.429. The zero-order valence-corrected chi connectivity index (χ0v) is 12.2. The molecule has 6 heteroatoms. The van der Waals surface area contributed by atoms with Crippen LogP contribution in [0, 0.1) is 5.82 Å². The summed E-state index contributed by atoms with van der Waals surface area (Å²) < 4.78 is 15.1. The number of amides is 1. The highest BCUT2D eigenvalue weighted by Gasteiger charge is 2.21. The molecule has 0 saturated heterocycles. The van der Waals surface area contributed by atoms with Gasteiger partial charge in [0.05, 0.1) is 16.9 Å². The van der Waals surface area contributed by atoms with Crippen molar-refractivity contribution in [2.45, 2.75) is 32.2 Å². The van der Waals surface area contributed by atoms with Gasteiger partial charge in [-0.2, -0.15) is 0 Å². The number of hydrogen-bond acceptors (Lipinski definition) is 2. The number of nitrogens with zero attached hydrogens (tertiary/aromatic N) is 2. The van der Waals surface area contributed by atoms with Crippen LogP contribution in [0.1, 0.15) is 32.1 Å². The molecule has 1 aromatic carbocycles. The Labute approximate surface area is 121 Å². The lowest BCUT2D eigenvalue weighted by Crippen LogP contribution is -2.32. The highest BCUT2D eigenvalue weighted by atomic mass is 35.5. The number of aromatic nitrogens is 2. The van der Waals surface area contributed by atoms with E-state index in [1.54, 1.807) is 17.6 Å². The summed E-state index contributed by atoms with van der Waals surface area (Å²) in [7, 11) is 0. The molecule has 20 heavy (non-hydrogen) atoms. The second-order valence-electron chi connectivity index (χ2n) is 4.63. The molecule has 2 aromatic rings. The predicted molar refractivity (Wildman–Crippen MR) is 77.3 cm³/mol. The number of rotatable bonds is 5. The smallest absolute Gasteiger partial charge is 0.242 e. The van der Waals surface area contributed by atoms with Gasteiger partial charge < -0.3 is 9.88 Å². The Hall–Kier alpha value is -1.62. The first-order valence-electron chi connectivity index (χ1n) is 6.58. The Balaban J connectivity index is 2.45. The average Bonchev–Trinajstić information content (AvgIpc) is 2.81. The van der Waals surface area contributed by atoms with Crippen molar-refractivity contribution in [2.75, 3.05) is 6.54 Å². The zero-order valence-electron chi connectivity index (χ0n) is 11.5. The van der Waals surface area contributed by atoms with Gasteiger partial charge in [0, 0.05) is 6.54 Å². The molecular formula is C14H17ClFN3O. The lowest BCUT2D eigenvalue weighted by Gasteiger charge is -2.16. The van der Waals surface area contributed by atoms with E-state index in [4.69, 9.17) is 11.6 Å². The van der Waals surface area contributed by atoms with Crippen molar-refractivity contribution in [3.05, 3.63) is 29.8 Å². The number of nitrogens with one attached hydrogen (secondary N) is 1. The van der Waals surface area contributed by atoms with Gasteiger partial charge in [-0.25, -0.2) is 9.37 Å². The van der Waals surface area contributed by atoms with E-state index in [-0.39, 0.29) is 17.6 Å². The third kappa shape index (κ3) is 2.77. The lowest BCUT2D eigenvalue weighted by atomic mass is 10.2. The van der Waals surface area contributed by atoms with Crippen LogP contribution in [0.3, 0.4) is 0 Å². The van der Waals surface area contributed by atoms with Crippen molar-refractivity contribution < 1.29 is 9.18 Å². The zero-order chi connectivity index (χ0) is 14.7. The van der Waals surface area contributed by atoms with Gasteiger partial charge in [0.1, 0.15) is 17.7 Å². The third-order valence-corrected chi connectivity index (χ3v) is 3.40. The first kappa shape index (κ1) is 14.8. The molecule has 2 rings (SSSR count). The fourth-order valence-corrected chi connectivity index (χ4v) is 2.34. The number of alkyl halides is 1. The summed E-state index contributed by atoms with van der Waals surface area (Å²) in [6.07, 6.45) is 0.861. The number of fused-ring (bicyclic) bond motifs is 1. The number of carbonyl (C=O) groups excluding carboxylic acids is 1. The molecule has 0 aliphatic heterocycles. The molecule has 0 aliphatic rings. The first-order valence-corrected chi connectivity index (χ1v) is 7.12. The van der Waals surface area contributed by atoms with Gasteiger partial charge in [-0.15, -0.1) is 11.6 Å². The van der Waals surface area contributed by atoms with Crippen LogP contribution in [0.15, 0.2) is 18.2 Å². The average molecular weight is 298 g/mol. The van der Waals surface area contributed by atoms with E-state index < -0.39 is 6.04 Å². The largest absolute Gasteiger partial charge is 0.354 e. The summed E-state index contributed by atoms with van der Waals surface area (Å²) in [6.45, 7) is 4.35. The maximum atomic E-state index is 13.4. The number of carbonyl (C=O) groups is 1. The number of halogens is 2. The Kier molecular flexibility index (Phi) is 4.60. The molecule has 1 aromatic heterocycles. The summed E-state index contributed by atoms with van der Waals surface area (Å²) in [4.78, 5) is 16.4. The van der Waals surface area contributed by atoms with Crippen LogP contribution >= 0.6 is 11.6 Å². The molecule has 4 nitrogen and oxygen atoms in total. The van der Waals surface area contributed by atoms with E-state index in [9.17, 15) is 9.18 Å². The van der Waals surface area contributed by atoms with Crippen LogP contribution in [-0.2, 0) is 10.7 Å². The SMILES string of the molecule is CCCNC(=O)C(C)n1c(CCl)nc2ccc(F)cc21. The molecule has 0 saturated carbocycles. The minimum atomic E-state index is -0.484. The summed E-state index contributed by atoms with van der Waals surface area (Å²) >= 11 is 5.89. The van der Waals surface area contributed by atoms with Crippen molar-refractivity contribution in [1.82, 2.24) is 14.9 Å². The van der Waals surface area contributed by atoms with Crippen molar-refractivity contribution >= 4 is 28.5 Å². The van der Waals surface area contributed by atoms with E-state index in [1.165, 1.54) is 12.1 Å². The molecule has 0 fully saturated rings. The van der Waals surface area contributed by atoms with Gasteiger partial charge in [-0.3, -0.25) is 4.79 Å². The molecule has 0 bridgehead atoms. The predicted octanol–water partition coefficient (Wildman–Crippen LogP) is 3.00. The standard InChI is InChI=1S/C14H17ClFN3O/c1-3-6-17-14(20)9(2)19-12-7-10(16)4-5-11(12)18-13(19)8-15/h4-5,7,9H,3,6,8H2,1-2H3,(H,17,20). The van der Waals surface area contributed by atoms with Gasteiger partial charge >= 0.3 is 0 Å². The van der Waals surface area contributed by atoms with Gasteiger partial charge in [0.2, 0.25) is 5.91 Å². The molecule has 0 spiro atoms. The topological polar surface area (TPSA) is 46.9 Å². The maximum Gasteiger partial charge on any atom is 0.242 e. The molecule has 1 heterocycles. The molecule has 0 radical (unpaired) electrons. The number of imidazole rings is 1. The summed E-state index contributed by atoms with van der Waals surface area (Å²) in [5.74, 6) is 0.246. The number of benzene rings is 1. The van der Waals surface area contributed by atoms with Crippen molar-refractivity contribution in [1.29, 1.82) is 0 Å². The van der Waals surface area contributed by atoms with Crippen molar-refractivity contribution in [3.63, 3.8) is 0 Å². The maximum absolute atomic E-state index is 13.4.